The third-order valence-corrected chi connectivity index (χ3v) is 3.43. The van der Waals surface area contributed by atoms with Crippen LogP contribution in [0.2, 0.25) is 0 Å². The van der Waals surface area contributed by atoms with E-state index in [0.717, 1.165) is 44.5 Å². The standard InChI is InChI=1S/C13H24N6O/c1-4-14-13(15-7-12-16-10-17-19(12)3)18(2)8-11-5-6-20-9-11/h10-11H,4-9H2,1-3H3,(H,14,15). The van der Waals surface area contributed by atoms with Crippen LogP contribution in [0.15, 0.2) is 11.3 Å². The summed E-state index contributed by atoms with van der Waals surface area (Å²) in [6.45, 7) is 6.15. The van der Waals surface area contributed by atoms with Gasteiger partial charge in [0.2, 0.25) is 0 Å². The minimum Gasteiger partial charge on any atom is -0.381 e. The average Bonchev–Trinajstić information content (AvgIpc) is 3.06. The number of aliphatic imine (C=N–C) groups is 1. The lowest BCUT2D eigenvalue weighted by atomic mass is 10.1. The number of rotatable bonds is 5. The molecule has 0 amide bonds. The van der Waals surface area contributed by atoms with Gasteiger partial charge in [0.05, 0.1) is 6.61 Å². The van der Waals surface area contributed by atoms with Crippen LogP contribution >= 0.6 is 0 Å². The van der Waals surface area contributed by atoms with Crippen molar-refractivity contribution < 1.29 is 4.74 Å². The molecular formula is C13H24N6O. The Morgan fingerprint density at radius 1 is 1.65 bits per heavy atom. The van der Waals surface area contributed by atoms with E-state index in [4.69, 9.17) is 4.74 Å². The van der Waals surface area contributed by atoms with Gasteiger partial charge in [0, 0.05) is 39.7 Å². The van der Waals surface area contributed by atoms with Gasteiger partial charge in [-0.2, -0.15) is 5.10 Å². The Balaban J connectivity index is 1.95. The lowest BCUT2D eigenvalue weighted by molar-refractivity contribution is 0.181. The maximum absolute atomic E-state index is 5.42. The van der Waals surface area contributed by atoms with Crippen LogP contribution in [-0.4, -0.2) is 59.0 Å². The van der Waals surface area contributed by atoms with E-state index in [1.807, 2.05) is 7.05 Å². The van der Waals surface area contributed by atoms with Gasteiger partial charge in [-0.1, -0.05) is 0 Å². The Morgan fingerprint density at radius 3 is 3.10 bits per heavy atom. The number of aryl methyl sites for hydroxylation is 1. The molecule has 1 atom stereocenters. The van der Waals surface area contributed by atoms with Gasteiger partial charge in [0.25, 0.3) is 0 Å². The van der Waals surface area contributed by atoms with Gasteiger partial charge in [-0.3, -0.25) is 4.68 Å². The maximum atomic E-state index is 5.42. The van der Waals surface area contributed by atoms with E-state index < -0.39 is 0 Å². The highest BCUT2D eigenvalue weighted by atomic mass is 16.5. The molecule has 0 aliphatic carbocycles. The minimum absolute atomic E-state index is 0.532. The lowest BCUT2D eigenvalue weighted by Crippen LogP contribution is -2.41. The number of aromatic nitrogens is 3. The van der Waals surface area contributed by atoms with Crippen molar-refractivity contribution in [2.24, 2.45) is 18.0 Å². The van der Waals surface area contributed by atoms with Crippen molar-refractivity contribution in [3.8, 4) is 0 Å². The van der Waals surface area contributed by atoms with Crippen molar-refractivity contribution in [1.29, 1.82) is 0 Å². The summed E-state index contributed by atoms with van der Waals surface area (Å²) in [7, 11) is 3.95. The lowest BCUT2D eigenvalue weighted by Gasteiger charge is -2.24. The SMILES string of the molecule is CCNC(=NCc1ncnn1C)N(C)CC1CCOC1. The zero-order chi connectivity index (χ0) is 14.4. The van der Waals surface area contributed by atoms with Gasteiger partial charge in [-0.25, -0.2) is 9.98 Å². The molecule has 0 aromatic carbocycles. The maximum Gasteiger partial charge on any atom is 0.194 e. The van der Waals surface area contributed by atoms with Crippen LogP contribution in [0.4, 0.5) is 0 Å². The van der Waals surface area contributed by atoms with Gasteiger partial charge in [0.15, 0.2) is 5.96 Å². The fourth-order valence-electron chi connectivity index (χ4n) is 2.28. The van der Waals surface area contributed by atoms with Crippen molar-refractivity contribution in [3.05, 3.63) is 12.2 Å². The fraction of sp³-hybridized carbons (Fsp3) is 0.769. The van der Waals surface area contributed by atoms with E-state index in [1.165, 1.54) is 0 Å². The van der Waals surface area contributed by atoms with Crippen LogP contribution in [-0.2, 0) is 18.3 Å². The zero-order valence-corrected chi connectivity index (χ0v) is 12.5. The molecular weight excluding hydrogens is 256 g/mol. The van der Waals surface area contributed by atoms with E-state index in [0.29, 0.717) is 12.5 Å². The van der Waals surface area contributed by atoms with Crippen molar-refractivity contribution in [3.63, 3.8) is 0 Å². The molecule has 0 radical (unpaired) electrons. The Labute approximate surface area is 120 Å². The Morgan fingerprint density at radius 2 is 2.50 bits per heavy atom. The molecule has 1 fully saturated rings. The summed E-state index contributed by atoms with van der Waals surface area (Å²) >= 11 is 0. The molecule has 112 valence electrons. The van der Waals surface area contributed by atoms with E-state index >= 15 is 0 Å². The monoisotopic (exact) mass is 280 g/mol. The molecule has 1 aliphatic rings. The van der Waals surface area contributed by atoms with E-state index in [1.54, 1.807) is 11.0 Å². The molecule has 1 saturated heterocycles. The second-order valence-corrected chi connectivity index (χ2v) is 5.08. The molecule has 1 N–H and O–H groups in total. The van der Waals surface area contributed by atoms with Crippen LogP contribution in [0, 0.1) is 5.92 Å². The molecule has 7 heteroatoms. The number of hydrogen-bond acceptors (Lipinski definition) is 4. The smallest absolute Gasteiger partial charge is 0.194 e. The molecule has 1 aliphatic heterocycles. The van der Waals surface area contributed by atoms with Gasteiger partial charge < -0.3 is 15.0 Å². The molecule has 2 rings (SSSR count). The average molecular weight is 280 g/mol. The first-order valence-electron chi connectivity index (χ1n) is 7.10. The number of guanidine groups is 1. The summed E-state index contributed by atoms with van der Waals surface area (Å²) in [4.78, 5) is 11.0. The third-order valence-electron chi connectivity index (χ3n) is 3.43. The number of ether oxygens (including phenoxy) is 1. The van der Waals surface area contributed by atoms with Crippen molar-refractivity contribution in [2.75, 3.05) is 33.4 Å². The van der Waals surface area contributed by atoms with E-state index in [9.17, 15) is 0 Å². The van der Waals surface area contributed by atoms with Crippen LogP contribution < -0.4 is 5.32 Å². The first-order chi connectivity index (χ1) is 9.70. The summed E-state index contributed by atoms with van der Waals surface area (Å²) in [5, 5.41) is 7.37. The predicted octanol–water partition coefficient (Wildman–Crippen LogP) is 0.249. The highest BCUT2D eigenvalue weighted by Gasteiger charge is 2.19. The fourth-order valence-corrected chi connectivity index (χ4v) is 2.28. The Hall–Kier alpha value is -1.63. The first-order valence-corrected chi connectivity index (χ1v) is 7.10. The van der Waals surface area contributed by atoms with Crippen molar-refractivity contribution >= 4 is 5.96 Å². The number of nitrogens with one attached hydrogen (secondary N) is 1. The van der Waals surface area contributed by atoms with E-state index in [2.05, 4.69) is 39.3 Å². The Kier molecular flexibility index (Phi) is 5.34. The highest BCUT2D eigenvalue weighted by molar-refractivity contribution is 5.79. The summed E-state index contributed by atoms with van der Waals surface area (Å²) in [6, 6.07) is 0. The molecule has 20 heavy (non-hydrogen) atoms. The molecule has 1 aromatic heterocycles. The van der Waals surface area contributed by atoms with Gasteiger partial charge in [0.1, 0.15) is 18.7 Å². The van der Waals surface area contributed by atoms with Crippen LogP contribution in [0.1, 0.15) is 19.2 Å². The second-order valence-electron chi connectivity index (χ2n) is 5.08. The zero-order valence-electron chi connectivity index (χ0n) is 12.5. The summed E-state index contributed by atoms with van der Waals surface area (Å²) in [5.74, 6) is 2.36. The van der Waals surface area contributed by atoms with Crippen LogP contribution in [0.5, 0.6) is 0 Å². The summed E-state index contributed by atoms with van der Waals surface area (Å²) in [5.41, 5.74) is 0. The van der Waals surface area contributed by atoms with E-state index in [-0.39, 0.29) is 0 Å². The van der Waals surface area contributed by atoms with Crippen LogP contribution in [0.3, 0.4) is 0 Å². The predicted molar refractivity (Wildman–Crippen MR) is 77.4 cm³/mol. The molecule has 2 heterocycles. The summed E-state index contributed by atoms with van der Waals surface area (Å²) in [6.07, 6.45) is 2.68. The van der Waals surface area contributed by atoms with Gasteiger partial charge >= 0.3 is 0 Å². The quantitative estimate of drug-likeness (QED) is 0.618. The molecule has 1 aromatic rings. The normalized spacial score (nSPS) is 19.4. The summed E-state index contributed by atoms with van der Waals surface area (Å²) < 4.78 is 7.17. The molecule has 0 spiro atoms. The van der Waals surface area contributed by atoms with Gasteiger partial charge in [-0.15, -0.1) is 0 Å². The molecule has 0 bridgehead atoms. The van der Waals surface area contributed by atoms with Crippen molar-refractivity contribution in [2.45, 2.75) is 19.9 Å². The molecule has 1 unspecified atom stereocenters. The first kappa shape index (κ1) is 14.8. The molecule has 7 nitrogen and oxygen atoms in total. The highest BCUT2D eigenvalue weighted by Crippen LogP contribution is 2.13. The minimum atomic E-state index is 0.532. The topological polar surface area (TPSA) is 67.6 Å². The Bertz CT molecular complexity index is 438. The molecule has 0 saturated carbocycles. The third kappa shape index (κ3) is 3.93. The second kappa shape index (κ2) is 7.23. The number of hydrogen-bond donors (Lipinski definition) is 1. The van der Waals surface area contributed by atoms with Gasteiger partial charge in [-0.05, 0) is 13.3 Å². The van der Waals surface area contributed by atoms with Crippen LogP contribution in [0.25, 0.3) is 0 Å². The number of nitrogens with zero attached hydrogens (tertiary/aromatic N) is 5. The largest absolute Gasteiger partial charge is 0.381 e. The van der Waals surface area contributed by atoms with Crippen molar-refractivity contribution in [1.82, 2.24) is 25.0 Å².